The number of ether oxygens (including phenoxy) is 1. The lowest BCUT2D eigenvalue weighted by molar-refractivity contribution is 0.0214. The van der Waals surface area contributed by atoms with Crippen molar-refractivity contribution in [1.29, 1.82) is 5.26 Å². The van der Waals surface area contributed by atoms with E-state index >= 15 is 0 Å². The molecule has 4 aliphatic rings. The van der Waals surface area contributed by atoms with Crippen LogP contribution in [-0.2, 0) is 4.74 Å². The number of nitriles is 1. The van der Waals surface area contributed by atoms with Crippen LogP contribution in [0, 0.1) is 23.2 Å². The van der Waals surface area contributed by atoms with Gasteiger partial charge >= 0.3 is 0 Å². The van der Waals surface area contributed by atoms with E-state index in [1.54, 1.807) is 0 Å². The highest BCUT2D eigenvalue weighted by Gasteiger charge is 2.51. The van der Waals surface area contributed by atoms with Gasteiger partial charge in [-0.15, -0.1) is 0 Å². The number of hydrogen-bond donors (Lipinski definition) is 1. The van der Waals surface area contributed by atoms with Crippen molar-refractivity contribution in [2.75, 3.05) is 6.54 Å². The zero-order valence-electron chi connectivity index (χ0n) is 24.7. The molecule has 1 N–H and O–H groups in total. The summed E-state index contributed by atoms with van der Waals surface area (Å²) in [5.41, 5.74) is 0.126. The van der Waals surface area contributed by atoms with Gasteiger partial charge in [0.2, 0.25) is 0 Å². The summed E-state index contributed by atoms with van der Waals surface area (Å²) >= 11 is 0. The molecule has 4 nitrogen and oxygen atoms in total. The molecule has 4 heteroatoms. The van der Waals surface area contributed by atoms with E-state index in [-0.39, 0.29) is 17.2 Å². The van der Waals surface area contributed by atoms with Crippen LogP contribution in [-0.4, -0.2) is 40.9 Å². The lowest BCUT2D eigenvalue weighted by Gasteiger charge is -2.47. The normalized spacial score (nSPS) is 33.5. The SMILES string of the molecule is CCCCCCCCCCCCCC[C@@](C)(NC1(C)C[C@H]2CC(OC3CC3)C[C@H]2C1)N1CCCC1C#N. The number of nitrogens with zero attached hydrogens (tertiary/aromatic N) is 2. The first-order valence-electron chi connectivity index (χ1n) is 16.6. The van der Waals surface area contributed by atoms with Crippen molar-refractivity contribution in [3.8, 4) is 6.07 Å². The Morgan fingerprint density at radius 1 is 0.865 bits per heavy atom. The molecule has 0 amide bonds. The van der Waals surface area contributed by atoms with E-state index in [1.165, 1.54) is 122 Å². The summed E-state index contributed by atoms with van der Waals surface area (Å²) in [6, 6.07) is 2.72. The molecule has 0 aromatic carbocycles. The molecule has 0 aromatic heterocycles. The Hall–Kier alpha value is -0.630. The van der Waals surface area contributed by atoms with Gasteiger partial charge in [0, 0.05) is 12.1 Å². The maximum absolute atomic E-state index is 9.90. The minimum absolute atomic E-state index is 0.0628. The molecule has 1 saturated heterocycles. The van der Waals surface area contributed by atoms with E-state index < -0.39 is 0 Å². The standard InChI is InChI=1S/C33H59N3O/c1-4-5-6-7-8-9-10-11-12-13-14-15-20-33(3,36-21-16-17-29(36)26-34)35-32(2)24-27-22-31(23-28(27)25-32)37-30-18-19-30/h27-31,35H,4-25H2,1-3H3/t27-,28+,29?,31?,32?,33-/m0/s1. The number of fused-ring (bicyclic) bond motifs is 1. The summed E-state index contributed by atoms with van der Waals surface area (Å²) in [6.07, 6.45) is 28.9. The third-order valence-corrected chi connectivity index (χ3v) is 10.3. The highest BCUT2D eigenvalue weighted by molar-refractivity contribution is 5.08. The predicted octanol–water partition coefficient (Wildman–Crippen LogP) is 8.50. The molecule has 0 radical (unpaired) electrons. The van der Waals surface area contributed by atoms with E-state index in [0.29, 0.717) is 12.2 Å². The molecule has 3 saturated carbocycles. The third-order valence-electron chi connectivity index (χ3n) is 10.3. The molecule has 0 aromatic rings. The van der Waals surface area contributed by atoms with Crippen molar-refractivity contribution >= 4 is 0 Å². The van der Waals surface area contributed by atoms with Crippen LogP contribution in [0.15, 0.2) is 0 Å². The van der Waals surface area contributed by atoms with Crippen molar-refractivity contribution < 1.29 is 4.74 Å². The predicted molar refractivity (Wildman–Crippen MR) is 154 cm³/mol. The maximum atomic E-state index is 9.90. The van der Waals surface area contributed by atoms with Crippen molar-refractivity contribution in [2.45, 2.75) is 185 Å². The van der Waals surface area contributed by atoms with Gasteiger partial charge in [-0.1, -0.05) is 84.0 Å². The summed E-state index contributed by atoms with van der Waals surface area (Å²) in [7, 11) is 0. The zero-order chi connectivity index (χ0) is 26.1. The molecule has 1 aliphatic heterocycles. The van der Waals surface area contributed by atoms with Crippen molar-refractivity contribution in [3.63, 3.8) is 0 Å². The first-order valence-corrected chi connectivity index (χ1v) is 16.6. The highest BCUT2D eigenvalue weighted by Crippen LogP contribution is 2.51. The van der Waals surface area contributed by atoms with Crippen LogP contribution in [0.3, 0.4) is 0 Å². The molecule has 37 heavy (non-hydrogen) atoms. The van der Waals surface area contributed by atoms with Crippen LogP contribution in [0.1, 0.15) is 156 Å². The number of likely N-dealkylation sites (tertiary alicyclic amines) is 1. The fourth-order valence-corrected chi connectivity index (χ4v) is 8.32. The number of nitrogens with one attached hydrogen (secondary N) is 1. The fraction of sp³-hybridized carbons (Fsp3) is 0.970. The minimum Gasteiger partial charge on any atom is -0.375 e. The van der Waals surface area contributed by atoms with Crippen LogP contribution < -0.4 is 5.32 Å². The molecule has 0 spiro atoms. The van der Waals surface area contributed by atoms with E-state index in [9.17, 15) is 5.26 Å². The Labute approximate surface area is 229 Å². The molecule has 4 rings (SSSR count). The Morgan fingerprint density at radius 3 is 1.97 bits per heavy atom. The van der Waals surface area contributed by atoms with E-state index in [4.69, 9.17) is 4.74 Å². The molecule has 3 aliphatic carbocycles. The molecule has 212 valence electrons. The van der Waals surface area contributed by atoms with Gasteiger partial charge in [-0.25, -0.2) is 0 Å². The van der Waals surface area contributed by atoms with Crippen LogP contribution in [0.4, 0.5) is 0 Å². The molecule has 3 unspecified atom stereocenters. The average Bonchev–Trinajstić information content (AvgIpc) is 3.27. The molecular weight excluding hydrogens is 454 g/mol. The highest BCUT2D eigenvalue weighted by atomic mass is 16.5. The number of rotatable bonds is 18. The first-order chi connectivity index (χ1) is 17.9. The minimum atomic E-state index is -0.0628. The molecule has 6 atom stereocenters. The quantitative estimate of drug-likeness (QED) is 0.187. The second-order valence-corrected chi connectivity index (χ2v) is 13.9. The first kappa shape index (κ1) is 29.4. The van der Waals surface area contributed by atoms with Crippen molar-refractivity contribution in [3.05, 3.63) is 0 Å². The molecule has 1 heterocycles. The van der Waals surface area contributed by atoms with E-state index in [2.05, 4.69) is 37.1 Å². The summed E-state index contributed by atoms with van der Waals surface area (Å²) < 4.78 is 6.30. The van der Waals surface area contributed by atoms with Crippen molar-refractivity contribution in [2.24, 2.45) is 11.8 Å². The van der Waals surface area contributed by atoms with Gasteiger partial charge < -0.3 is 4.74 Å². The van der Waals surface area contributed by atoms with E-state index in [0.717, 1.165) is 31.2 Å². The van der Waals surface area contributed by atoms with Crippen LogP contribution in [0.2, 0.25) is 0 Å². The number of unbranched alkanes of at least 4 members (excludes halogenated alkanes) is 11. The molecule has 0 bridgehead atoms. The summed E-state index contributed by atoms with van der Waals surface area (Å²) in [5, 5.41) is 14.1. The van der Waals surface area contributed by atoms with Gasteiger partial charge in [0.1, 0.15) is 0 Å². The van der Waals surface area contributed by atoms with E-state index in [1.807, 2.05) is 0 Å². The van der Waals surface area contributed by atoms with Gasteiger partial charge in [0.15, 0.2) is 0 Å². The largest absolute Gasteiger partial charge is 0.375 e. The van der Waals surface area contributed by atoms with Crippen LogP contribution in [0.25, 0.3) is 0 Å². The van der Waals surface area contributed by atoms with Gasteiger partial charge in [-0.3, -0.25) is 10.2 Å². The second-order valence-electron chi connectivity index (χ2n) is 13.9. The lowest BCUT2D eigenvalue weighted by atomic mass is 9.90. The average molecular weight is 514 g/mol. The maximum Gasteiger partial charge on any atom is 0.0992 e. The van der Waals surface area contributed by atoms with Gasteiger partial charge in [-0.2, -0.15) is 5.26 Å². The molecule has 4 fully saturated rings. The van der Waals surface area contributed by atoms with Crippen molar-refractivity contribution in [1.82, 2.24) is 10.2 Å². The lowest BCUT2D eigenvalue weighted by Crippen LogP contribution is -2.64. The van der Waals surface area contributed by atoms with Gasteiger partial charge in [0.05, 0.1) is 30.0 Å². The Bertz CT molecular complexity index is 701. The van der Waals surface area contributed by atoms with Crippen LogP contribution in [0.5, 0.6) is 0 Å². The van der Waals surface area contributed by atoms with Crippen LogP contribution >= 0.6 is 0 Å². The topological polar surface area (TPSA) is 48.3 Å². The Kier molecular flexibility index (Phi) is 11.2. The smallest absolute Gasteiger partial charge is 0.0992 e. The fourth-order valence-electron chi connectivity index (χ4n) is 8.32. The zero-order valence-corrected chi connectivity index (χ0v) is 24.7. The summed E-state index contributed by atoms with van der Waals surface area (Å²) in [6.45, 7) is 8.28. The third kappa shape index (κ3) is 8.68. The number of hydrogen-bond acceptors (Lipinski definition) is 4. The summed E-state index contributed by atoms with van der Waals surface area (Å²) in [5.74, 6) is 1.64. The van der Waals surface area contributed by atoms with Gasteiger partial charge in [-0.05, 0) is 83.5 Å². The Balaban J connectivity index is 1.20. The second kappa shape index (κ2) is 14.1. The molecular formula is C33H59N3O. The summed E-state index contributed by atoms with van der Waals surface area (Å²) in [4.78, 5) is 2.55. The monoisotopic (exact) mass is 513 g/mol. The Morgan fingerprint density at radius 2 is 1.43 bits per heavy atom. The van der Waals surface area contributed by atoms with Gasteiger partial charge in [0.25, 0.3) is 0 Å².